The highest BCUT2D eigenvalue weighted by Gasteiger charge is 2.34. The molecule has 0 heterocycles. The highest BCUT2D eigenvalue weighted by Crippen LogP contribution is 2.33. The zero-order valence-corrected chi connectivity index (χ0v) is 7.69. The Balaban J connectivity index is 3.38. The van der Waals surface area contributed by atoms with Crippen LogP contribution in [0.1, 0.15) is 15.9 Å². The molecule has 0 bridgehead atoms. The second kappa shape index (κ2) is 3.53. The molecule has 0 atom stereocenters. The van der Waals surface area contributed by atoms with E-state index in [9.17, 15) is 18.0 Å². The number of carbonyl (C=O) groups excluding carboxylic acids is 1. The Morgan fingerprint density at radius 3 is 2.36 bits per heavy atom. The van der Waals surface area contributed by atoms with Gasteiger partial charge in [-0.05, 0) is 18.2 Å². The molecule has 1 amide bonds. The summed E-state index contributed by atoms with van der Waals surface area (Å²) < 4.78 is 37.0. The van der Waals surface area contributed by atoms with E-state index in [1.165, 1.54) is 6.07 Å². The third-order valence-electron chi connectivity index (χ3n) is 1.57. The molecular weight excluding hydrogens is 215 g/mol. The Labute approximate surface area is 83.3 Å². The zero-order chi connectivity index (χ0) is 10.9. The second-order valence-corrected chi connectivity index (χ2v) is 3.11. The van der Waals surface area contributed by atoms with E-state index in [0.717, 1.165) is 12.1 Å². The third kappa shape index (κ3) is 2.20. The Hall–Kier alpha value is -1.17. The summed E-state index contributed by atoms with van der Waals surface area (Å²) >= 11 is 3.75. The molecule has 0 aliphatic rings. The Bertz CT molecular complexity index is 375. The lowest BCUT2D eigenvalue weighted by molar-refractivity contribution is -0.138. The molecular formula is C8H6F3NOS. The molecule has 14 heavy (non-hydrogen) atoms. The molecule has 76 valence electrons. The van der Waals surface area contributed by atoms with E-state index in [4.69, 9.17) is 5.73 Å². The predicted molar refractivity (Wildman–Crippen MR) is 47.2 cm³/mol. The lowest BCUT2D eigenvalue weighted by atomic mass is 10.1. The van der Waals surface area contributed by atoms with Gasteiger partial charge >= 0.3 is 6.18 Å². The summed E-state index contributed by atoms with van der Waals surface area (Å²) in [5, 5.41) is 0. The molecule has 0 unspecified atom stereocenters. The van der Waals surface area contributed by atoms with E-state index in [-0.39, 0.29) is 4.90 Å². The molecule has 0 radical (unpaired) electrons. The molecule has 0 spiro atoms. The molecule has 1 aromatic carbocycles. The van der Waals surface area contributed by atoms with Gasteiger partial charge in [0.25, 0.3) is 0 Å². The zero-order valence-electron chi connectivity index (χ0n) is 6.80. The Morgan fingerprint density at radius 2 is 1.93 bits per heavy atom. The number of thiol groups is 1. The van der Waals surface area contributed by atoms with Gasteiger partial charge in [-0.25, -0.2) is 0 Å². The molecule has 6 heteroatoms. The van der Waals surface area contributed by atoms with Crippen LogP contribution in [0.4, 0.5) is 13.2 Å². The fraction of sp³-hybridized carbons (Fsp3) is 0.125. The predicted octanol–water partition coefficient (Wildman–Crippen LogP) is 2.09. The quantitative estimate of drug-likeness (QED) is 0.700. The van der Waals surface area contributed by atoms with E-state index < -0.39 is 23.2 Å². The number of hydrogen-bond donors (Lipinski definition) is 2. The number of carbonyl (C=O) groups is 1. The first-order valence-corrected chi connectivity index (χ1v) is 3.97. The molecule has 0 saturated carbocycles. The van der Waals surface area contributed by atoms with Crippen LogP contribution in [0.15, 0.2) is 23.1 Å². The van der Waals surface area contributed by atoms with E-state index in [1.807, 2.05) is 0 Å². The normalized spacial score (nSPS) is 11.4. The van der Waals surface area contributed by atoms with E-state index in [1.54, 1.807) is 0 Å². The van der Waals surface area contributed by atoms with Gasteiger partial charge in [-0.2, -0.15) is 13.2 Å². The summed E-state index contributed by atoms with van der Waals surface area (Å²) in [5.74, 6) is -1.11. The van der Waals surface area contributed by atoms with E-state index in [0.29, 0.717) is 0 Å². The summed E-state index contributed by atoms with van der Waals surface area (Å²) in [6.07, 6.45) is -4.59. The van der Waals surface area contributed by atoms with Crippen LogP contribution in [0, 0.1) is 0 Å². The molecule has 0 aliphatic heterocycles. The van der Waals surface area contributed by atoms with Gasteiger partial charge < -0.3 is 5.73 Å². The smallest absolute Gasteiger partial charge is 0.366 e. The average Bonchev–Trinajstić information content (AvgIpc) is 2.01. The number of amides is 1. The fourth-order valence-corrected chi connectivity index (χ4v) is 1.19. The maximum absolute atomic E-state index is 12.3. The topological polar surface area (TPSA) is 43.1 Å². The highest BCUT2D eigenvalue weighted by atomic mass is 32.1. The summed E-state index contributed by atoms with van der Waals surface area (Å²) in [4.78, 5) is 10.8. The molecule has 2 nitrogen and oxygen atoms in total. The first kappa shape index (κ1) is 10.9. The van der Waals surface area contributed by atoms with E-state index >= 15 is 0 Å². The van der Waals surface area contributed by atoms with Crippen LogP contribution >= 0.6 is 12.6 Å². The number of rotatable bonds is 1. The SMILES string of the molecule is NC(=O)c1ccc(S)cc1C(F)(F)F. The van der Waals surface area contributed by atoms with Crippen LogP contribution in [-0.4, -0.2) is 5.91 Å². The first-order chi connectivity index (χ1) is 6.32. The van der Waals surface area contributed by atoms with Gasteiger partial charge in [-0.1, -0.05) is 0 Å². The van der Waals surface area contributed by atoms with Crippen LogP contribution < -0.4 is 5.73 Å². The largest absolute Gasteiger partial charge is 0.417 e. The number of nitrogens with two attached hydrogens (primary N) is 1. The van der Waals surface area contributed by atoms with Crippen molar-refractivity contribution < 1.29 is 18.0 Å². The van der Waals surface area contributed by atoms with Gasteiger partial charge in [-0.15, -0.1) is 12.6 Å². The van der Waals surface area contributed by atoms with Crippen molar-refractivity contribution >= 4 is 18.5 Å². The van der Waals surface area contributed by atoms with Crippen molar-refractivity contribution in [3.8, 4) is 0 Å². The van der Waals surface area contributed by atoms with Gasteiger partial charge in [0.1, 0.15) is 0 Å². The molecule has 2 N–H and O–H groups in total. The minimum atomic E-state index is -4.59. The summed E-state index contributed by atoms with van der Waals surface area (Å²) in [6, 6.07) is 3.05. The molecule has 1 rings (SSSR count). The highest BCUT2D eigenvalue weighted by molar-refractivity contribution is 7.80. The fourth-order valence-electron chi connectivity index (χ4n) is 0.982. The van der Waals surface area contributed by atoms with Crippen molar-refractivity contribution in [1.82, 2.24) is 0 Å². The number of primary amides is 1. The minimum absolute atomic E-state index is 0.127. The minimum Gasteiger partial charge on any atom is -0.366 e. The summed E-state index contributed by atoms with van der Waals surface area (Å²) in [7, 11) is 0. The maximum Gasteiger partial charge on any atom is 0.417 e. The average molecular weight is 221 g/mol. The molecule has 1 aromatic rings. The van der Waals surface area contributed by atoms with Gasteiger partial charge in [0.2, 0.25) is 5.91 Å². The Kier molecular flexibility index (Phi) is 2.75. The summed E-state index contributed by atoms with van der Waals surface area (Å²) in [5.41, 5.74) is 3.19. The van der Waals surface area contributed by atoms with Crippen LogP contribution in [0.25, 0.3) is 0 Å². The van der Waals surface area contributed by atoms with Crippen molar-refractivity contribution in [1.29, 1.82) is 0 Å². The van der Waals surface area contributed by atoms with Gasteiger partial charge in [0.05, 0.1) is 11.1 Å². The molecule has 0 fully saturated rings. The number of halogens is 3. The monoisotopic (exact) mass is 221 g/mol. The van der Waals surface area contributed by atoms with Gasteiger partial charge in [0.15, 0.2) is 0 Å². The third-order valence-corrected chi connectivity index (χ3v) is 1.85. The van der Waals surface area contributed by atoms with Gasteiger partial charge in [-0.3, -0.25) is 4.79 Å². The summed E-state index contributed by atoms with van der Waals surface area (Å²) in [6.45, 7) is 0. The van der Waals surface area contributed by atoms with Crippen molar-refractivity contribution in [2.75, 3.05) is 0 Å². The lowest BCUT2D eigenvalue weighted by Crippen LogP contribution is -2.18. The second-order valence-electron chi connectivity index (χ2n) is 2.59. The lowest BCUT2D eigenvalue weighted by Gasteiger charge is -2.10. The van der Waals surface area contributed by atoms with Crippen LogP contribution in [-0.2, 0) is 6.18 Å². The van der Waals surface area contributed by atoms with E-state index in [2.05, 4.69) is 12.6 Å². The molecule has 0 aromatic heterocycles. The van der Waals surface area contributed by atoms with Crippen LogP contribution in [0.2, 0.25) is 0 Å². The first-order valence-electron chi connectivity index (χ1n) is 3.52. The Morgan fingerprint density at radius 1 is 1.36 bits per heavy atom. The van der Waals surface area contributed by atoms with Crippen LogP contribution in [0.5, 0.6) is 0 Å². The standard InChI is InChI=1S/C8H6F3NOS/c9-8(10,11)6-3-4(14)1-2-5(6)7(12)13/h1-3,14H,(H2,12,13). The molecule has 0 saturated heterocycles. The number of benzene rings is 1. The van der Waals surface area contributed by atoms with Crippen LogP contribution in [0.3, 0.4) is 0 Å². The number of alkyl halides is 3. The number of hydrogen-bond acceptors (Lipinski definition) is 2. The van der Waals surface area contributed by atoms with Crippen molar-refractivity contribution in [3.63, 3.8) is 0 Å². The van der Waals surface area contributed by atoms with Crippen molar-refractivity contribution in [3.05, 3.63) is 29.3 Å². The van der Waals surface area contributed by atoms with Gasteiger partial charge in [0, 0.05) is 4.90 Å². The maximum atomic E-state index is 12.3. The van der Waals surface area contributed by atoms with Crippen molar-refractivity contribution in [2.45, 2.75) is 11.1 Å². The van der Waals surface area contributed by atoms with Crippen molar-refractivity contribution in [2.24, 2.45) is 5.73 Å². The molecule has 0 aliphatic carbocycles.